The van der Waals surface area contributed by atoms with E-state index in [0.29, 0.717) is 37.6 Å². The van der Waals surface area contributed by atoms with Crippen LogP contribution in [-0.4, -0.2) is 48.7 Å². The Morgan fingerprint density at radius 3 is 2.47 bits per heavy atom. The highest BCUT2D eigenvalue weighted by molar-refractivity contribution is 5.66. The number of rotatable bonds is 15. The van der Waals surface area contributed by atoms with Crippen molar-refractivity contribution in [3.8, 4) is 11.8 Å². The third kappa shape index (κ3) is 7.57. The standard InChI is InChI=1S/C29H44O5/c30-25(31)19-13-6-5-12-18-23-24(27-29-28(34-29)26(23)33-27)21-32-20-14-7-3-1-2-4-9-15-22-16-10-8-11-17-22/h5,12,22-24,26-29H,1-2,4,6,8-11,13-21H2,(H,30,31)/b12-5-/t23-,24+,26+,27-,28-,29+/m0/s1. The van der Waals surface area contributed by atoms with E-state index in [1.807, 2.05) is 0 Å². The van der Waals surface area contributed by atoms with Crippen molar-refractivity contribution in [2.45, 2.75) is 121 Å². The molecule has 0 aromatic carbocycles. The second-order valence-corrected chi connectivity index (χ2v) is 10.7. The molecule has 6 atom stereocenters. The van der Waals surface area contributed by atoms with Gasteiger partial charge in [0.25, 0.3) is 0 Å². The summed E-state index contributed by atoms with van der Waals surface area (Å²) in [5, 5.41) is 8.74. The van der Waals surface area contributed by atoms with Gasteiger partial charge >= 0.3 is 5.97 Å². The fourth-order valence-corrected chi connectivity index (χ4v) is 6.27. The number of unbranched alkanes of at least 4 members (excludes halogenated alkanes) is 4. The molecule has 3 saturated heterocycles. The summed E-state index contributed by atoms with van der Waals surface area (Å²) < 4.78 is 18.0. The van der Waals surface area contributed by atoms with E-state index >= 15 is 0 Å². The molecular formula is C29H44O5. The molecule has 3 aliphatic heterocycles. The molecule has 0 aromatic heterocycles. The fourth-order valence-electron chi connectivity index (χ4n) is 6.27. The predicted molar refractivity (Wildman–Crippen MR) is 132 cm³/mol. The van der Waals surface area contributed by atoms with Gasteiger partial charge in [-0.15, -0.1) is 11.8 Å². The predicted octanol–water partition coefficient (Wildman–Crippen LogP) is 5.91. The van der Waals surface area contributed by atoms with Gasteiger partial charge in [0.1, 0.15) is 12.2 Å². The average Bonchev–Trinajstić information content (AvgIpc) is 3.47. The van der Waals surface area contributed by atoms with E-state index in [4.69, 9.17) is 19.3 Å². The molecule has 1 saturated carbocycles. The topological polar surface area (TPSA) is 68.3 Å². The molecule has 190 valence electrons. The van der Waals surface area contributed by atoms with Gasteiger partial charge in [-0.1, -0.05) is 63.5 Å². The van der Waals surface area contributed by atoms with E-state index in [1.165, 1.54) is 57.8 Å². The van der Waals surface area contributed by atoms with Crippen LogP contribution in [0.5, 0.6) is 0 Å². The molecule has 4 aliphatic rings. The Morgan fingerprint density at radius 1 is 0.882 bits per heavy atom. The maximum atomic E-state index is 10.6. The summed E-state index contributed by atoms with van der Waals surface area (Å²) in [5.74, 6) is 7.73. The molecule has 0 amide bonds. The maximum absolute atomic E-state index is 10.6. The van der Waals surface area contributed by atoms with Crippen molar-refractivity contribution in [2.24, 2.45) is 17.8 Å². The lowest BCUT2D eigenvalue weighted by molar-refractivity contribution is -0.137. The van der Waals surface area contributed by atoms with Crippen molar-refractivity contribution in [2.75, 3.05) is 13.2 Å². The summed E-state index contributed by atoms with van der Waals surface area (Å²) in [7, 11) is 0. The number of hydrogen-bond donors (Lipinski definition) is 1. The Kier molecular flexibility index (Phi) is 10.3. The maximum Gasteiger partial charge on any atom is 0.303 e. The number of aliphatic carboxylic acids is 1. The van der Waals surface area contributed by atoms with Crippen LogP contribution in [0.15, 0.2) is 12.2 Å². The first-order chi connectivity index (χ1) is 16.7. The Bertz CT molecular complexity index is 716. The monoisotopic (exact) mass is 472 g/mol. The Balaban J connectivity index is 1.05. The van der Waals surface area contributed by atoms with Crippen LogP contribution in [0.2, 0.25) is 0 Å². The Hall–Kier alpha value is -1.35. The zero-order valence-corrected chi connectivity index (χ0v) is 20.8. The summed E-state index contributed by atoms with van der Waals surface area (Å²) in [4.78, 5) is 10.6. The molecule has 5 heteroatoms. The number of epoxide rings is 1. The molecular weight excluding hydrogens is 428 g/mol. The Morgan fingerprint density at radius 2 is 1.65 bits per heavy atom. The lowest BCUT2D eigenvalue weighted by Gasteiger charge is -2.24. The average molecular weight is 473 g/mol. The molecule has 0 unspecified atom stereocenters. The van der Waals surface area contributed by atoms with Crippen LogP contribution >= 0.6 is 0 Å². The molecule has 2 bridgehead atoms. The van der Waals surface area contributed by atoms with Gasteiger partial charge < -0.3 is 19.3 Å². The molecule has 5 nitrogen and oxygen atoms in total. The van der Waals surface area contributed by atoms with Crippen LogP contribution in [0.4, 0.5) is 0 Å². The van der Waals surface area contributed by atoms with Crippen LogP contribution in [0.1, 0.15) is 96.3 Å². The first-order valence-corrected chi connectivity index (χ1v) is 13.9. The van der Waals surface area contributed by atoms with Gasteiger partial charge in [-0.05, 0) is 37.5 Å². The summed E-state index contributed by atoms with van der Waals surface area (Å²) in [6, 6.07) is 0. The molecule has 1 aliphatic carbocycles. The number of allylic oxidation sites excluding steroid dienone is 2. The first-order valence-electron chi connectivity index (χ1n) is 13.9. The smallest absolute Gasteiger partial charge is 0.303 e. The van der Waals surface area contributed by atoms with Crippen molar-refractivity contribution in [1.82, 2.24) is 0 Å². The zero-order valence-electron chi connectivity index (χ0n) is 20.8. The van der Waals surface area contributed by atoms with Crippen LogP contribution in [-0.2, 0) is 19.0 Å². The number of carbonyl (C=O) groups is 1. The third-order valence-electron chi connectivity index (χ3n) is 8.20. The first kappa shape index (κ1) is 25.7. The molecule has 4 fully saturated rings. The number of carboxylic acid groups (broad SMARTS) is 1. The molecule has 4 rings (SSSR count). The number of hydrogen-bond acceptors (Lipinski definition) is 4. The van der Waals surface area contributed by atoms with Gasteiger partial charge in [-0.25, -0.2) is 0 Å². The molecule has 34 heavy (non-hydrogen) atoms. The minimum atomic E-state index is -0.724. The minimum Gasteiger partial charge on any atom is -0.481 e. The second-order valence-electron chi connectivity index (χ2n) is 10.7. The van der Waals surface area contributed by atoms with Gasteiger partial charge in [-0.2, -0.15) is 0 Å². The van der Waals surface area contributed by atoms with Gasteiger partial charge in [0.15, 0.2) is 0 Å². The molecule has 1 N–H and O–H groups in total. The highest BCUT2D eigenvalue weighted by atomic mass is 16.7. The summed E-state index contributed by atoms with van der Waals surface area (Å²) in [5.41, 5.74) is 0. The lowest BCUT2D eigenvalue weighted by Crippen LogP contribution is -2.35. The Labute approximate surface area is 206 Å². The second kappa shape index (κ2) is 13.7. The van der Waals surface area contributed by atoms with Crippen molar-refractivity contribution < 1.29 is 24.1 Å². The third-order valence-corrected chi connectivity index (χ3v) is 8.20. The van der Waals surface area contributed by atoms with Crippen molar-refractivity contribution in [3.05, 3.63) is 12.2 Å². The number of fused-ring (bicyclic) bond motifs is 5. The van der Waals surface area contributed by atoms with Crippen LogP contribution in [0.25, 0.3) is 0 Å². The van der Waals surface area contributed by atoms with Crippen LogP contribution in [0.3, 0.4) is 0 Å². The molecule has 0 radical (unpaired) electrons. The minimum absolute atomic E-state index is 0.181. The van der Waals surface area contributed by atoms with E-state index in [-0.39, 0.29) is 24.7 Å². The highest BCUT2D eigenvalue weighted by Crippen LogP contribution is 2.54. The SMILES string of the molecule is O=C(O)CCC/C=C\C[C@H]1[C@@H](COCCC#CCCCCCC2CCCCC2)[C@@H]2O[C@H]1[C@@H]1O[C@@H]12. The van der Waals surface area contributed by atoms with Crippen molar-refractivity contribution in [3.63, 3.8) is 0 Å². The van der Waals surface area contributed by atoms with E-state index in [1.54, 1.807) is 0 Å². The quantitative estimate of drug-likeness (QED) is 0.139. The van der Waals surface area contributed by atoms with E-state index in [0.717, 1.165) is 31.6 Å². The largest absolute Gasteiger partial charge is 0.481 e. The van der Waals surface area contributed by atoms with Gasteiger partial charge in [0, 0.05) is 25.2 Å². The fraction of sp³-hybridized carbons (Fsp3) is 0.828. The van der Waals surface area contributed by atoms with E-state index in [9.17, 15) is 4.79 Å². The summed E-state index contributed by atoms with van der Waals surface area (Å²) in [6.07, 6.45) is 22.5. The summed E-state index contributed by atoms with van der Waals surface area (Å²) >= 11 is 0. The number of ether oxygens (including phenoxy) is 3. The van der Waals surface area contributed by atoms with Crippen LogP contribution in [0, 0.1) is 29.6 Å². The van der Waals surface area contributed by atoms with E-state index < -0.39 is 5.97 Å². The van der Waals surface area contributed by atoms with E-state index in [2.05, 4.69) is 24.0 Å². The van der Waals surface area contributed by atoms with Gasteiger partial charge in [-0.3, -0.25) is 4.79 Å². The van der Waals surface area contributed by atoms with Crippen molar-refractivity contribution in [1.29, 1.82) is 0 Å². The molecule has 0 spiro atoms. The molecule has 3 heterocycles. The van der Waals surface area contributed by atoms with Gasteiger partial charge in [0.05, 0.1) is 25.4 Å². The summed E-state index contributed by atoms with van der Waals surface area (Å²) in [6.45, 7) is 1.41. The highest BCUT2D eigenvalue weighted by Gasteiger charge is 2.68. The van der Waals surface area contributed by atoms with Crippen LogP contribution < -0.4 is 0 Å². The molecule has 0 aromatic rings. The normalized spacial score (nSPS) is 32.0. The lowest BCUT2D eigenvalue weighted by atomic mass is 9.78. The number of carboxylic acids is 1. The van der Waals surface area contributed by atoms with Crippen molar-refractivity contribution >= 4 is 5.97 Å². The zero-order chi connectivity index (χ0) is 23.6. The van der Waals surface area contributed by atoms with Gasteiger partial charge in [0.2, 0.25) is 0 Å².